The smallest absolute Gasteiger partial charge is 0.105 e. The van der Waals surface area contributed by atoms with E-state index >= 15 is 0 Å². The van der Waals surface area contributed by atoms with Gasteiger partial charge in [0.2, 0.25) is 0 Å². The van der Waals surface area contributed by atoms with Crippen LogP contribution in [0.2, 0.25) is 0 Å². The maximum absolute atomic E-state index is 8.96. The monoisotopic (exact) mass is 246 g/mol. The van der Waals surface area contributed by atoms with Crippen LogP contribution in [0.25, 0.3) is 0 Å². The first-order valence-corrected chi connectivity index (χ1v) is 7.19. The van der Waals surface area contributed by atoms with Gasteiger partial charge in [-0.15, -0.1) is 11.8 Å². The SMILES string of the molecule is CCNC(C#N)CSc1ccc2c(c1)CCC2. The van der Waals surface area contributed by atoms with E-state index in [1.807, 2.05) is 6.92 Å². The van der Waals surface area contributed by atoms with Crippen LogP contribution in [0.15, 0.2) is 23.1 Å². The number of thioether (sulfide) groups is 1. The molecule has 0 saturated carbocycles. The molecule has 3 heteroatoms. The average molecular weight is 246 g/mol. The first-order valence-electron chi connectivity index (χ1n) is 6.21. The van der Waals surface area contributed by atoms with Crippen LogP contribution in [0.4, 0.5) is 0 Å². The average Bonchev–Trinajstić information content (AvgIpc) is 2.81. The molecule has 0 heterocycles. The number of nitrogens with zero attached hydrogens (tertiary/aromatic N) is 1. The van der Waals surface area contributed by atoms with Gasteiger partial charge in [-0.05, 0) is 49.1 Å². The van der Waals surface area contributed by atoms with Crippen LogP contribution in [0.5, 0.6) is 0 Å². The van der Waals surface area contributed by atoms with Crippen molar-refractivity contribution in [3.8, 4) is 6.07 Å². The van der Waals surface area contributed by atoms with Crippen molar-refractivity contribution in [2.75, 3.05) is 12.3 Å². The van der Waals surface area contributed by atoms with E-state index in [-0.39, 0.29) is 6.04 Å². The lowest BCUT2D eigenvalue weighted by Gasteiger charge is -2.10. The van der Waals surface area contributed by atoms with Gasteiger partial charge in [-0.1, -0.05) is 13.0 Å². The number of nitriles is 1. The molecule has 0 fully saturated rings. The molecule has 2 rings (SSSR count). The van der Waals surface area contributed by atoms with Crippen LogP contribution in [0.3, 0.4) is 0 Å². The highest BCUT2D eigenvalue weighted by molar-refractivity contribution is 7.99. The van der Waals surface area contributed by atoms with Gasteiger partial charge in [-0.3, -0.25) is 0 Å². The van der Waals surface area contributed by atoms with E-state index in [9.17, 15) is 0 Å². The molecular formula is C14H18N2S. The van der Waals surface area contributed by atoms with Gasteiger partial charge in [0.1, 0.15) is 6.04 Å². The number of rotatable bonds is 5. The van der Waals surface area contributed by atoms with Gasteiger partial charge in [0, 0.05) is 10.6 Å². The Kier molecular flexibility index (Phi) is 4.47. The minimum absolute atomic E-state index is 0.0433. The largest absolute Gasteiger partial charge is 0.302 e. The predicted molar refractivity (Wildman–Crippen MR) is 72.3 cm³/mol. The molecule has 0 saturated heterocycles. The number of hydrogen-bond acceptors (Lipinski definition) is 3. The third-order valence-electron chi connectivity index (χ3n) is 3.09. The summed E-state index contributed by atoms with van der Waals surface area (Å²) in [6, 6.07) is 8.99. The van der Waals surface area contributed by atoms with E-state index in [4.69, 9.17) is 5.26 Å². The molecule has 0 aliphatic heterocycles. The van der Waals surface area contributed by atoms with E-state index in [0.29, 0.717) is 0 Å². The second-order valence-corrected chi connectivity index (χ2v) is 5.43. The minimum atomic E-state index is -0.0433. The van der Waals surface area contributed by atoms with E-state index < -0.39 is 0 Å². The second-order valence-electron chi connectivity index (χ2n) is 4.33. The highest BCUT2D eigenvalue weighted by Gasteiger charge is 2.12. The molecule has 2 nitrogen and oxygen atoms in total. The highest BCUT2D eigenvalue weighted by atomic mass is 32.2. The Morgan fingerprint density at radius 3 is 3.00 bits per heavy atom. The Hall–Kier alpha value is -0.980. The molecule has 0 bridgehead atoms. The maximum atomic E-state index is 8.96. The number of aryl methyl sites for hydroxylation is 2. The van der Waals surface area contributed by atoms with E-state index in [0.717, 1.165) is 12.3 Å². The molecule has 1 aliphatic carbocycles. The van der Waals surface area contributed by atoms with E-state index in [1.54, 1.807) is 11.8 Å². The fourth-order valence-electron chi connectivity index (χ4n) is 2.21. The van der Waals surface area contributed by atoms with Crippen molar-refractivity contribution < 1.29 is 0 Å². The lowest BCUT2D eigenvalue weighted by atomic mass is 10.1. The van der Waals surface area contributed by atoms with E-state index in [1.165, 1.54) is 35.3 Å². The molecule has 0 spiro atoms. The van der Waals surface area contributed by atoms with Crippen LogP contribution >= 0.6 is 11.8 Å². The zero-order chi connectivity index (χ0) is 12.1. The van der Waals surface area contributed by atoms with Crippen LogP contribution in [0, 0.1) is 11.3 Å². The van der Waals surface area contributed by atoms with Gasteiger partial charge in [0.15, 0.2) is 0 Å². The van der Waals surface area contributed by atoms with Crippen LogP contribution in [0.1, 0.15) is 24.5 Å². The fourth-order valence-corrected chi connectivity index (χ4v) is 3.15. The molecule has 1 aromatic rings. The Morgan fingerprint density at radius 2 is 2.24 bits per heavy atom. The second kappa shape index (κ2) is 6.09. The lowest BCUT2D eigenvalue weighted by Crippen LogP contribution is -2.29. The molecule has 1 N–H and O–H groups in total. The zero-order valence-electron chi connectivity index (χ0n) is 10.2. The fraction of sp³-hybridized carbons (Fsp3) is 0.500. The molecule has 1 atom stereocenters. The first kappa shape index (κ1) is 12.5. The van der Waals surface area contributed by atoms with Crippen molar-refractivity contribution in [3.63, 3.8) is 0 Å². The molecule has 17 heavy (non-hydrogen) atoms. The number of nitrogens with one attached hydrogen (secondary N) is 1. The summed E-state index contributed by atoms with van der Waals surface area (Å²) in [6.45, 7) is 2.88. The Balaban J connectivity index is 1.93. The van der Waals surface area contributed by atoms with Gasteiger partial charge in [0.05, 0.1) is 6.07 Å². The van der Waals surface area contributed by atoms with Crippen molar-refractivity contribution in [3.05, 3.63) is 29.3 Å². The van der Waals surface area contributed by atoms with Gasteiger partial charge in [-0.2, -0.15) is 5.26 Å². The molecule has 0 amide bonds. The predicted octanol–water partition coefficient (Wildman–Crippen LogP) is 2.77. The van der Waals surface area contributed by atoms with Crippen LogP contribution in [-0.2, 0) is 12.8 Å². The zero-order valence-corrected chi connectivity index (χ0v) is 11.0. The molecule has 1 unspecified atom stereocenters. The van der Waals surface area contributed by atoms with Gasteiger partial charge >= 0.3 is 0 Å². The van der Waals surface area contributed by atoms with Crippen molar-refractivity contribution in [1.29, 1.82) is 5.26 Å². The van der Waals surface area contributed by atoms with Crippen molar-refractivity contribution in [2.24, 2.45) is 0 Å². The normalized spacial score (nSPS) is 15.3. The Morgan fingerprint density at radius 1 is 1.41 bits per heavy atom. The molecule has 1 aliphatic rings. The first-order chi connectivity index (χ1) is 8.33. The van der Waals surface area contributed by atoms with E-state index in [2.05, 4.69) is 29.6 Å². The maximum Gasteiger partial charge on any atom is 0.105 e. The summed E-state index contributed by atoms with van der Waals surface area (Å²) in [5.74, 6) is 0.823. The Labute approximate surface area is 107 Å². The topological polar surface area (TPSA) is 35.8 Å². The third kappa shape index (κ3) is 3.24. The summed E-state index contributed by atoms with van der Waals surface area (Å²) >= 11 is 1.77. The molecule has 90 valence electrons. The van der Waals surface area contributed by atoms with Gasteiger partial charge < -0.3 is 5.32 Å². The molecular weight excluding hydrogens is 228 g/mol. The minimum Gasteiger partial charge on any atom is -0.302 e. The molecule has 0 radical (unpaired) electrons. The number of hydrogen-bond donors (Lipinski definition) is 1. The quantitative estimate of drug-likeness (QED) is 0.812. The van der Waals surface area contributed by atoms with Crippen LogP contribution in [-0.4, -0.2) is 18.3 Å². The standard InChI is InChI=1S/C14H18N2S/c1-2-16-13(9-15)10-17-14-7-6-11-4-3-5-12(11)8-14/h6-8,13,16H,2-5,10H2,1H3. The summed E-state index contributed by atoms with van der Waals surface area (Å²) in [6.07, 6.45) is 3.75. The van der Waals surface area contributed by atoms with Gasteiger partial charge in [0.25, 0.3) is 0 Å². The third-order valence-corrected chi connectivity index (χ3v) is 4.18. The molecule has 0 aromatic heterocycles. The van der Waals surface area contributed by atoms with Crippen molar-refractivity contribution >= 4 is 11.8 Å². The summed E-state index contributed by atoms with van der Waals surface area (Å²) in [5, 5.41) is 12.1. The van der Waals surface area contributed by atoms with Crippen molar-refractivity contribution in [1.82, 2.24) is 5.32 Å². The Bertz CT molecular complexity index is 423. The lowest BCUT2D eigenvalue weighted by molar-refractivity contribution is 0.677. The number of fused-ring (bicyclic) bond motifs is 1. The van der Waals surface area contributed by atoms with Crippen LogP contribution < -0.4 is 5.32 Å². The summed E-state index contributed by atoms with van der Waals surface area (Å²) in [5.41, 5.74) is 3.02. The number of benzene rings is 1. The summed E-state index contributed by atoms with van der Waals surface area (Å²) in [7, 11) is 0. The summed E-state index contributed by atoms with van der Waals surface area (Å²) in [4.78, 5) is 1.30. The summed E-state index contributed by atoms with van der Waals surface area (Å²) < 4.78 is 0. The molecule has 1 aromatic carbocycles. The van der Waals surface area contributed by atoms with Crippen molar-refractivity contribution in [2.45, 2.75) is 37.1 Å². The van der Waals surface area contributed by atoms with Gasteiger partial charge in [-0.25, -0.2) is 0 Å². The highest BCUT2D eigenvalue weighted by Crippen LogP contribution is 2.27.